The van der Waals surface area contributed by atoms with E-state index in [0.29, 0.717) is 26.4 Å². The molecule has 3 aromatic carbocycles. The highest BCUT2D eigenvalue weighted by molar-refractivity contribution is 5.86. The topological polar surface area (TPSA) is 70.1 Å². The predicted octanol–water partition coefficient (Wildman–Crippen LogP) is 6.50. The van der Waals surface area contributed by atoms with Crippen molar-refractivity contribution in [1.82, 2.24) is 9.88 Å². The number of fused-ring (bicyclic) bond motifs is 1. The van der Waals surface area contributed by atoms with Crippen molar-refractivity contribution in [3.8, 4) is 17.2 Å². The SMILES string of the molecule is Cc1c(COc2cccc(OC3CCN(C(=O)C4CCOCC4)CC3)c2)nc2ccccc2c1OCc1ccccc1. The first-order valence-corrected chi connectivity index (χ1v) is 14.9. The molecular weight excluding hydrogens is 528 g/mol. The summed E-state index contributed by atoms with van der Waals surface area (Å²) in [6.07, 6.45) is 3.39. The van der Waals surface area contributed by atoms with Crippen LogP contribution in [0.2, 0.25) is 0 Å². The van der Waals surface area contributed by atoms with E-state index in [1.165, 1.54) is 0 Å². The van der Waals surface area contributed by atoms with Crippen LogP contribution in [0.1, 0.15) is 42.5 Å². The Morgan fingerprint density at radius 2 is 1.60 bits per heavy atom. The number of rotatable bonds is 9. The second-order valence-corrected chi connectivity index (χ2v) is 11.1. The van der Waals surface area contributed by atoms with Gasteiger partial charge in [0.05, 0.1) is 11.2 Å². The van der Waals surface area contributed by atoms with Crippen molar-refractivity contribution in [2.45, 2.75) is 51.9 Å². The van der Waals surface area contributed by atoms with Gasteiger partial charge in [-0.3, -0.25) is 4.79 Å². The maximum absolute atomic E-state index is 12.9. The van der Waals surface area contributed by atoms with Gasteiger partial charge in [0, 0.05) is 62.1 Å². The Labute approximate surface area is 247 Å². The lowest BCUT2D eigenvalue weighted by molar-refractivity contribution is -0.140. The molecule has 0 atom stereocenters. The number of pyridine rings is 1. The Balaban J connectivity index is 1.08. The zero-order valence-corrected chi connectivity index (χ0v) is 24.2. The lowest BCUT2D eigenvalue weighted by atomic mass is 9.97. The quantitative estimate of drug-likeness (QED) is 0.230. The third kappa shape index (κ3) is 6.68. The minimum absolute atomic E-state index is 0.0766. The molecule has 6 rings (SSSR count). The Bertz CT molecular complexity index is 1490. The van der Waals surface area contributed by atoms with E-state index in [9.17, 15) is 4.79 Å². The average molecular weight is 567 g/mol. The van der Waals surface area contributed by atoms with Gasteiger partial charge in [-0.2, -0.15) is 0 Å². The van der Waals surface area contributed by atoms with Gasteiger partial charge in [0.2, 0.25) is 5.91 Å². The van der Waals surface area contributed by atoms with Crippen LogP contribution in [0.15, 0.2) is 78.9 Å². The molecule has 0 radical (unpaired) electrons. The molecule has 1 aromatic heterocycles. The van der Waals surface area contributed by atoms with Gasteiger partial charge in [0.15, 0.2) is 0 Å². The number of likely N-dealkylation sites (tertiary alicyclic amines) is 1. The van der Waals surface area contributed by atoms with Crippen molar-refractivity contribution in [2.24, 2.45) is 5.92 Å². The average Bonchev–Trinajstić information content (AvgIpc) is 3.04. The number of para-hydroxylation sites is 1. The molecule has 0 aliphatic carbocycles. The number of aromatic nitrogens is 1. The molecule has 2 saturated heterocycles. The highest BCUT2D eigenvalue weighted by atomic mass is 16.5. The standard InChI is InChI=1S/C35H38N2O5/c1-25-33(36-32-13-6-5-12-31(32)34(25)41-23-26-8-3-2-4-9-26)24-40-29-10-7-11-30(22-29)42-28-14-18-37(19-15-28)35(38)27-16-20-39-21-17-27/h2-13,22,27-28H,14-21,23-24H2,1H3. The summed E-state index contributed by atoms with van der Waals surface area (Å²) in [5.74, 6) is 2.72. The van der Waals surface area contributed by atoms with Crippen LogP contribution < -0.4 is 14.2 Å². The lowest BCUT2D eigenvalue weighted by Crippen LogP contribution is -2.45. The van der Waals surface area contributed by atoms with E-state index in [1.54, 1.807) is 0 Å². The van der Waals surface area contributed by atoms with E-state index in [0.717, 1.165) is 83.7 Å². The number of carbonyl (C=O) groups excluding carboxylic acids is 1. The van der Waals surface area contributed by atoms with Crippen LogP contribution in [0.4, 0.5) is 0 Å². The maximum atomic E-state index is 12.9. The van der Waals surface area contributed by atoms with Crippen LogP contribution in [-0.2, 0) is 22.7 Å². The number of piperidine rings is 1. The zero-order chi connectivity index (χ0) is 28.7. The van der Waals surface area contributed by atoms with E-state index in [1.807, 2.05) is 78.6 Å². The summed E-state index contributed by atoms with van der Waals surface area (Å²) < 4.78 is 24.3. The fraction of sp³-hybridized carbons (Fsp3) is 0.371. The van der Waals surface area contributed by atoms with Gasteiger partial charge in [-0.05, 0) is 49.6 Å². The Morgan fingerprint density at radius 3 is 2.40 bits per heavy atom. The third-order valence-corrected chi connectivity index (χ3v) is 8.21. The largest absolute Gasteiger partial charge is 0.490 e. The minimum atomic E-state index is 0.0766. The summed E-state index contributed by atoms with van der Waals surface area (Å²) in [6.45, 7) is 5.68. The van der Waals surface area contributed by atoms with E-state index >= 15 is 0 Å². The maximum Gasteiger partial charge on any atom is 0.225 e. The number of benzene rings is 3. The molecule has 2 aliphatic heterocycles. The van der Waals surface area contributed by atoms with Gasteiger partial charge in [-0.25, -0.2) is 4.98 Å². The molecule has 0 bridgehead atoms. The second-order valence-electron chi connectivity index (χ2n) is 11.1. The first-order chi connectivity index (χ1) is 20.6. The number of nitrogens with zero attached hydrogens (tertiary/aromatic N) is 2. The summed E-state index contributed by atoms with van der Waals surface area (Å²) in [5.41, 5.74) is 3.80. The molecule has 2 aliphatic rings. The smallest absolute Gasteiger partial charge is 0.225 e. The summed E-state index contributed by atoms with van der Waals surface area (Å²) in [7, 11) is 0. The molecule has 7 nitrogen and oxygen atoms in total. The van der Waals surface area contributed by atoms with Crippen molar-refractivity contribution in [1.29, 1.82) is 0 Å². The third-order valence-electron chi connectivity index (χ3n) is 8.21. The molecule has 0 N–H and O–H groups in total. The van der Waals surface area contributed by atoms with E-state index in [4.69, 9.17) is 23.9 Å². The lowest BCUT2D eigenvalue weighted by Gasteiger charge is -2.35. The van der Waals surface area contributed by atoms with E-state index in [-0.39, 0.29) is 17.9 Å². The van der Waals surface area contributed by atoms with Crippen LogP contribution in [0, 0.1) is 12.8 Å². The number of carbonyl (C=O) groups is 1. The van der Waals surface area contributed by atoms with Gasteiger partial charge in [0.1, 0.15) is 36.6 Å². The number of hydrogen-bond acceptors (Lipinski definition) is 6. The Morgan fingerprint density at radius 1 is 0.857 bits per heavy atom. The molecule has 1 amide bonds. The number of ether oxygens (including phenoxy) is 4. The van der Waals surface area contributed by atoms with Crippen LogP contribution in [0.5, 0.6) is 17.2 Å². The van der Waals surface area contributed by atoms with Crippen molar-refractivity contribution < 1.29 is 23.7 Å². The van der Waals surface area contributed by atoms with Gasteiger partial charge < -0.3 is 23.8 Å². The van der Waals surface area contributed by atoms with Crippen molar-refractivity contribution in [2.75, 3.05) is 26.3 Å². The molecule has 7 heteroatoms. The molecule has 42 heavy (non-hydrogen) atoms. The van der Waals surface area contributed by atoms with Crippen LogP contribution in [0.3, 0.4) is 0 Å². The summed E-state index contributed by atoms with van der Waals surface area (Å²) in [6, 6.07) is 26.0. The van der Waals surface area contributed by atoms with Gasteiger partial charge in [-0.1, -0.05) is 48.5 Å². The molecule has 0 saturated carbocycles. The number of hydrogen-bond donors (Lipinski definition) is 0. The highest BCUT2D eigenvalue weighted by Crippen LogP contribution is 2.32. The minimum Gasteiger partial charge on any atom is -0.490 e. The van der Waals surface area contributed by atoms with Gasteiger partial charge in [-0.15, -0.1) is 0 Å². The summed E-state index contributed by atoms with van der Waals surface area (Å²) in [5, 5.41) is 0.991. The Hall–Kier alpha value is -4.10. The first-order valence-electron chi connectivity index (χ1n) is 14.9. The van der Waals surface area contributed by atoms with Crippen LogP contribution >= 0.6 is 0 Å². The van der Waals surface area contributed by atoms with Crippen molar-refractivity contribution >= 4 is 16.8 Å². The molecule has 0 spiro atoms. The summed E-state index contributed by atoms with van der Waals surface area (Å²) in [4.78, 5) is 19.8. The summed E-state index contributed by atoms with van der Waals surface area (Å²) >= 11 is 0. The zero-order valence-electron chi connectivity index (χ0n) is 24.2. The monoisotopic (exact) mass is 566 g/mol. The molecule has 0 unspecified atom stereocenters. The predicted molar refractivity (Wildman–Crippen MR) is 162 cm³/mol. The highest BCUT2D eigenvalue weighted by Gasteiger charge is 2.30. The number of amides is 1. The normalized spacial score (nSPS) is 16.4. The van der Waals surface area contributed by atoms with E-state index < -0.39 is 0 Å². The molecule has 2 fully saturated rings. The Kier molecular flexibility index (Phi) is 8.85. The fourth-order valence-corrected chi connectivity index (χ4v) is 5.76. The fourth-order valence-electron chi connectivity index (χ4n) is 5.76. The van der Waals surface area contributed by atoms with Gasteiger partial charge >= 0.3 is 0 Å². The molecule has 4 aromatic rings. The molecular formula is C35H38N2O5. The van der Waals surface area contributed by atoms with Crippen molar-refractivity contribution in [3.63, 3.8) is 0 Å². The molecule has 3 heterocycles. The first kappa shape index (κ1) is 28.0. The van der Waals surface area contributed by atoms with Crippen molar-refractivity contribution in [3.05, 3.63) is 95.7 Å². The molecule has 218 valence electrons. The van der Waals surface area contributed by atoms with Crippen LogP contribution in [-0.4, -0.2) is 48.2 Å². The van der Waals surface area contributed by atoms with Gasteiger partial charge in [0.25, 0.3) is 0 Å². The van der Waals surface area contributed by atoms with E-state index in [2.05, 4.69) is 12.1 Å². The second kappa shape index (κ2) is 13.3. The van der Waals surface area contributed by atoms with Crippen LogP contribution in [0.25, 0.3) is 10.9 Å².